The minimum Gasteiger partial charge on any atom is -0.343 e. The second-order valence-corrected chi connectivity index (χ2v) is 3.87. The van der Waals surface area contributed by atoms with E-state index in [-0.39, 0.29) is 5.91 Å². The lowest BCUT2D eigenvalue weighted by Gasteiger charge is -2.07. The molecule has 2 aromatic rings. The molecule has 94 valence electrons. The van der Waals surface area contributed by atoms with E-state index in [0.717, 1.165) is 0 Å². The first kappa shape index (κ1) is 12.1. The molecule has 0 aliphatic heterocycles. The van der Waals surface area contributed by atoms with Gasteiger partial charge in [0.1, 0.15) is 5.82 Å². The van der Waals surface area contributed by atoms with Crippen LogP contribution in [0.3, 0.4) is 0 Å². The van der Waals surface area contributed by atoms with Gasteiger partial charge in [-0.3, -0.25) is 4.79 Å². The van der Waals surface area contributed by atoms with Crippen molar-refractivity contribution in [2.24, 2.45) is 5.84 Å². The summed E-state index contributed by atoms with van der Waals surface area (Å²) < 4.78 is 1.53. The number of hydrogen-bond acceptors (Lipinski definition) is 5. The van der Waals surface area contributed by atoms with E-state index in [9.17, 15) is 4.79 Å². The maximum absolute atomic E-state index is 11.7. The van der Waals surface area contributed by atoms with Crippen molar-refractivity contribution in [2.45, 2.75) is 0 Å². The summed E-state index contributed by atoms with van der Waals surface area (Å²) in [7, 11) is 3.36. The minimum atomic E-state index is -0.151. The zero-order valence-electron chi connectivity index (χ0n) is 10.2. The zero-order chi connectivity index (χ0) is 13.1. The smallest absolute Gasteiger partial charge is 0.273 e. The Morgan fingerprint density at radius 1 is 1.39 bits per heavy atom. The highest BCUT2D eigenvalue weighted by Crippen LogP contribution is 2.09. The molecule has 2 heterocycles. The van der Waals surface area contributed by atoms with Crippen LogP contribution in [0.1, 0.15) is 10.5 Å². The summed E-state index contributed by atoms with van der Waals surface area (Å²) in [6.45, 7) is 0. The van der Waals surface area contributed by atoms with Crippen molar-refractivity contribution in [3.05, 3.63) is 36.2 Å². The number of pyridine rings is 1. The van der Waals surface area contributed by atoms with Gasteiger partial charge in [-0.25, -0.2) is 15.5 Å². The molecular weight excluding hydrogens is 232 g/mol. The van der Waals surface area contributed by atoms with Crippen molar-refractivity contribution in [3.63, 3.8) is 0 Å². The predicted molar refractivity (Wildman–Crippen MR) is 67.2 cm³/mol. The number of nitrogens with two attached hydrogens (primary N) is 1. The molecule has 0 atom stereocenters. The average molecular weight is 246 g/mol. The molecule has 0 aliphatic rings. The van der Waals surface area contributed by atoms with Gasteiger partial charge < -0.3 is 10.3 Å². The van der Waals surface area contributed by atoms with Crippen molar-refractivity contribution in [2.75, 3.05) is 19.5 Å². The Labute approximate surface area is 104 Å². The second kappa shape index (κ2) is 4.84. The first-order chi connectivity index (χ1) is 8.61. The molecule has 0 aliphatic carbocycles. The van der Waals surface area contributed by atoms with Crippen LogP contribution in [0.15, 0.2) is 30.5 Å². The first-order valence-corrected chi connectivity index (χ1v) is 5.33. The number of aromatic nitrogens is 3. The molecule has 0 fully saturated rings. The number of anilines is 1. The Bertz CT molecular complexity index is 562. The van der Waals surface area contributed by atoms with Gasteiger partial charge in [-0.2, -0.15) is 5.10 Å². The molecule has 7 heteroatoms. The molecule has 0 spiro atoms. The first-order valence-electron chi connectivity index (χ1n) is 5.33. The third-order valence-electron chi connectivity index (χ3n) is 2.33. The lowest BCUT2D eigenvalue weighted by molar-refractivity contribution is 0.0821. The van der Waals surface area contributed by atoms with E-state index < -0.39 is 0 Å². The Balaban J connectivity index is 2.32. The molecule has 0 bridgehead atoms. The van der Waals surface area contributed by atoms with Gasteiger partial charge in [0, 0.05) is 20.3 Å². The summed E-state index contributed by atoms with van der Waals surface area (Å²) in [6, 6.07) is 6.95. The summed E-state index contributed by atoms with van der Waals surface area (Å²) in [4.78, 5) is 17.4. The summed E-state index contributed by atoms with van der Waals surface area (Å²) in [5.41, 5.74) is 2.83. The molecule has 2 rings (SSSR count). The van der Waals surface area contributed by atoms with E-state index in [1.54, 1.807) is 44.6 Å². The summed E-state index contributed by atoms with van der Waals surface area (Å²) >= 11 is 0. The Hall–Kier alpha value is -2.41. The maximum atomic E-state index is 11.7. The van der Waals surface area contributed by atoms with Crippen LogP contribution in [-0.2, 0) is 0 Å². The van der Waals surface area contributed by atoms with E-state index >= 15 is 0 Å². The van der Waals surface area contributed by atoms with Crippen LogP contribution in [0.25, 0.3) is 5.82 Å². The standard InChI is InChI=1S/C11H14N6O/c1-16(2)11(18)8-6-7-17(15-8)10-5-3-4-9(13-10)14-12/h3-7H,12H2,1-2H3,(H,13,14). The van der Waals surface area contributed by atoms with Crippen LogP contribution in [0, 0.1) is 0 Å². The number of amides is 1. The van der Waals surface area contributed by atoms with Crippen LogP contribution in [-0.4, -0.2) is 39.7 Å². The monoisotopic (exact) mass is 246 g/mol. The fourth-order valence-electron chi connectivity index (χ4n) is 1.43. The fourth-order valence-corrected chi connectivity index (χ4v) is 1.43. The largest absolute Gasteiger partial charge is 0.343 e. The molecule has 0 radical (unpaired) electrons. The lowest BCUT2D eigenvalue weighted by Crippen LogP contribution is -2.22. The van der Waals surface area contributed by atoms with Crippen LogP contribution in [0.4, 0.5) is 5.82 Å². The highest BCUT2D eigenvalue weighted by Gasteiger charge is 2.12. The SMILES string of the molecule is CN(C)C(=O)c1ccn(-c2cccc(NN)n2)n1. The van der Waals surface area contributed by atoms with Gasteiger partial charge in [-0.15, -0.1) is 0 Å². The molecule has 0 saturated carbocycles. The topological polar surface area (TPSA) is 89.1 Å². The van der Waals surface area contributed by atoms with E-state index in [1.807, 2.05) is 0 Å². The van der Waals surface area contributed by atoms with Crippen molar-refractivity contribution in [1.82, 2.24) is 19.7 Å². The quantitative estimate of drug-likeness (QED) is 0.598. The number of carbonyl (C=O) groups excluding carboxylic acids is 1. The molecule has 0 saturated heterocycles. The van der Waals surface area contributed by atoms with E-state index in [1.165, 1.54) is 9.58 Å². The molecule has 1 amide bonds. The number of nitrogen functional groups attached to an aromatic ring is 1. The average Bonchev–Trinajstić information content (AvgIpc) is 2.87. The van der Waals surface area contributed by atoms with Gasteiger partial charge in [0.15, 0.2) is 11.5 Å². The molecule has 0 aromatic carbocycles. The Morgan fingerprint density at radius 3 is 2.83 bits per heavy atom. The van der Waals surface area contributed by atoms with Crippen LogP contribution in [0.5, 0.6) is 0 Å². The van der Waals surface area contributed by atoms with Gasteiger partial charge >= 0.3 is 0 Å². The molecule has 2 aromatic heterocycles. The number of hydrazine groups is 1. The van der Waals surface area contributed by atoms with Gasteiger partial charge in [0.25, 0.3) is 5.91 Å². The lowest BCUT2D eigenvalue weighted by atomic mass is 10.4. The zero-order valence-corrected chi connectivity index (χ0v) is 10.2. The van der Waals surface area contributed by atoms with Crippen molar-refractivity contribution < 1.29 is 4.79 Å². The third-order valence-corrected chi connectivity index (χ3v) is 2.33. The van der Waals surface area contributed by atoms with Crippen molar-refractivity contribution >= 4 is 11.7 Å². The Morgan fingerprint density at radius 2 is 2.17 bits per heavy atom. The molecule has 0 unspecified atom stereocenters. The normalized spacial score (nSPS) is 10.2. The maximum Gasteiger partial charge on any atom is 0.273 e. The highest BCUT2D eigenvalue weighted by atomic mass is 16.2. The molecule has 18 heavy (non-hydrogen) atoms. The van der Waals surface area contributed by atoms with Crippen molar-refractivity contribution in [1.29, 1.82) is 0 Å². The van der Waals surface area contributed by atoms with Crippen LogP contribution >= 0.6 is 0 Å². The highest BCUT2D eigenvalue weighted by molar-refractivity contribution is 5.91. The van der Waals surface area contributed by atoms with Gasteiger partial charge in [-0.1, -0.05) is 6.07 Å². The molecule has 3 N–H and O–H groups in total. The van der Waals surface area contributed by atoms with E-state index in [0.29, 0.717) is 17.3 Å². The summed E-state index contributed by atoms with van der Waals surface area (Å²) in [6.07, 6.45) is 1.68. The van der Waals surface area contributed by atoms with Gasteiger partial charge in [0.05, 0.1) is 0 Å². The van der Waals surface area contributed by atoms with E-state index in [4.69, 9.17) is 5.84 Å². The molecule has 7 nitrogen and oxygen atoms in total. The number of nitrogens with zero attached hydrogens (tertiary/aromatic N) is 4. The molecular formula is C11H14N6O. The van der Waals surface area contributed by atoms with Crippen LogP contribution < -0.4 is 11.3 Å². The third kappa shape index (κ3) is 2.30. The van der Waals surface area contributed by atoms with E-state index in [2.05, 4.69) is 15.5 Å². The number of hydrogen-bond donors (Lipinski definition) is 2. The fraction of sp³-hybridized carbons (Fsp3) is 0.182. The summed E-state index contributed by atoms with van der Waals surface area (Å²) in [5.74, 6) is 6.25. The number of rotatable bonds is 3. The van der Waals surface area contributed by atoms with Gasteiger partial charge in [-0.05, 0) is 18.2 Å². The Kier molecular flexibility index (Phi) is 3.24. The second-order valence-electron chi connectivity index (χ2n) is 3.87. The summed E-state index contributed by atoms with van der Waals surface area (Å²) in [5, 5.41) is 4.17. The predicted octanol–water partition coefficient (Wildman–Crippen LogP) is 0.255. The van der Waals surface area contributed by atoms with Crippen molar-refractivity contribution in [3.8, 4) is 5.82 Å². The van der Waals surface area contributed by atoms with Gasteiger partial charge in [0.2, 0.25) is 0 Å². The number of carbonyl (C=O) groups is 1. The minimum absolute atomic E-state index is 0.151. The van der Waals surface area contributed by atoms with Crippen LogP contribution in [0.2, 0.25) is 0 Å². The number of nitrogens with one attached hydrogen (secondary N) is 1.